The number of carbonyl (C=O) groups is 2. The Morgan fingerprint density at radius 3 is 2.39 bits per heavy atom. The van der Waals surface area contributed by atoms with Crippen molar-refractivity contribution in [2.24, 2.45) is 0 Å². The topological polar surface area (TPSA) is 125 Å². The van der Waals surface area contributed by atoms with Gasteiger partial charge in [0.1, 0.15) is 15.7 Å². The molecule has 1 aromatic heterocycles. The van der Waals surface area contributed by atoms with Gasteiger partial charge in [-0.3, -0.25) is 24.7 Å². The molecule has 11 heteroatoms. The number of thiophene rings is 1. The Hall–Kier alpha value is -3.57. The van der Waals surface area contributed by atoms with E-state index in [9.17, 15) is 23.1 Å². The lowest BCUT2D eigenvalue weighted by atomic mass is 10.2. The van der Waals surface area contributed by atoms with Crippen LogP contribution in [0.4, 0.5) is 5.69 Å². The Bertz CT molecular complexity index is 1160. The molecular formula is C20H19N3O6S2. The lowest BCUT2D eigenvalue weighted by molar-refractivity contribution is -0.123. The molecule has 0 unspecified atom stereocenters. The van der Waals surface area contributed by atoms with Gasteiger partial charge < -0.3 is 9.84 Å². The van der Waals surface area contributed by atoms with Crippen molar-refractivity contribution in [2.75, 3.05) is 18.0 Å². The van der Waals surface area contributed by atoms with Gasteiger partial charge in [0.25, 0.3) is 21.8 Å². The molecule has 3 N–H and O–H groups in total. The second-order valence-corrected chi connectivity index (χ2v) is 9.35. The number of nitrogens with zero attached hydrogens (tertiary/aromatic N) is 1. The molecule has 0 aliphatic heterocycles. The normalized spacial score (nSPS) is 10.9. The van der Waals surface area contributed by atoms with Crippen LogP contribution in [-0.2, 0) is 14.8 Å². The van der Waals surface area contributed by atoms with Crippen molar-refractivity contribution in [1.29, 1.82) is 0 Å². The zero-order valence-corrected chi connectivity index (χ0v) is 17.9. The smallest absolute Gasteiger partial charge is 0.276 e. The molecule has 2 aromatic carbocycles. The number of hydrazine groups is 1. The van der Waals surface area contributed by atoms with E-state index in [0.717, 1.165) is 15.6 Å². The molecule has 0 atom stereocenters. The second kappa shape index (κ2) is 9.49. The number of para-hydroxylation sites is 1. The fourth-order valence-electron chi connectivity index (χ4n) is 2.48. The quantitative estimate of drug-likeness (QED) is 0.463. The van der Waals surface area contributed by atoms with Crippen LogP contribution in [0.25, 0.3) is 0 Å². The third-order valence-corrected chi connectivity index (χ3v) is 7.30. The van der Waals surface area contributed by atoms with Gasteiger partial charge in [-0.25, -0.2) is 8.42 Å². The Kier molecular flexibility index (Phi) is 6.78. The average Bonchev–Trinajstić information content (AvgIpc) is 3.32. The molecule has 3 aromatic rings. The lowest BCUT2D eigenvalue weighted by Gasteiger charge is -2.18. The molecule has 0 bridgehead atoms. The van der Waals surface area contributed by atoms with E-state index in [4.69, 9.17) is 4.74 Å². The lowest BCUT2D eigenvalue weighted by Crippen LogP contribution is -2.43. The first kappa shape index (κ1) is 22.1. The average molecular weight is 462 g/mol. The number of nitrogens with one attached hydrogen (secondary N) is 2. The van der Waals surface area contributed by atoms with E-state index in [2.05, 4.69) is 10.9 Å². The summed E-state index contributed by atoms with van der Waals surface area (Å²) < 4.78 is 31.8. The van der Waals surface area contributed by atoms with Crippen molar-refractivity contribution in [2.45, 2.75) is 4.21 Å². The molecule has 0 saturated carbocycles. The van der Waals surface area contributed by atoms with Crippen LogP contribution >= 0.6 is 11.3 Å². The molecule has 31 heavy (non-hydrogen) atoms. The van der Waals surface area contributed by atoms with Crippen molar-refractivity contribution >= 4 is 38.9 Å². The van der Waals surface area contributed by atoms with Gasteiger partial charge in [-0.2, -0.15) is 0 Å². The number of phenols is 1. The summed E-state index contributed by atoms with van der Waals surface area (Å²) in [4.78, 5) is 23.8. The third-order valence-electron chi connectivity index (χ3n) is 4.14. The number of ether oxygens (including phenoxy) is 1. The number of sulfonamides is 1. The van der Waals surface area contributed by atoms with Crippen molar-refractivity contribution < 1.29 is 27.9 Å². The van der Waals surface area contributed by atoms with Gasteiger partial charge in [-0.15, -0.1) is 11.3 Å². The summed E-state index contributed by atoms with van der Waals surface area (Å²) >= 11 is 1.13. The van der Waals surface area contributed by atoms with Crippen molar-refractivity contribution in [3.63, 3.8) is 0 Å². The number of hydrogen-bond donors (Lipinski definition) is 3. The van der Waals surface area contributed by atoms with Crippen LogP contribution in [0.1, 0.15) is 10.4 Å². The molecule has 3 rings (SSSR count). The van der Waals surface area contributed by atoms with Crippen LogP contribution in [0, 0.1) is 0 Å². The van der Waals surface area contributed by atoms with Crippen LogP contribution in [0.3, 0.4) is 0 Å². The number of carbonyl (C=O) groups excluding carboxylic acids is 2. The zero-order valence-electron chi connectivity index (χ0n) is 16.3. The van der Waals surface area contributed by atoms with Crippen molar-refractivity contribution in [3.8, 4) is 11.5 Å². The van der Waals surface area contributed by atoms with Crippen molar-refractivity contribution in [3.05, 3.63) is 71.6 Å². The molecule has 0 fully saturated rings. The van der Waals surface area contributed by atoms with E-state index in [-0.39, 0.29) is 22.1 Å². The Balaban J connectivity index is 1.51. The fraction of sp³-hybridized carbons (Fsp3) is 0.100. The van der Waals surface area contributed by atoms with E-state index in [1.165, 1.54) is 37.4 Å². The van der Waals surface area contributed by atoms with E-state index < -0.39 is 21.8 Å². The first-order chi connectivity index (χ1) is 14.8. The summed E-state index contributed by atoms with van der Waals surface area (Å²) in [6.07, 6.45) is 0. The molecule has 0 aliphatic rings. The number of phenolic OH excluding ortho intramolecular Hbond substituents is 1. The number of rotatable bonds is 7. The summed E-state index contributed by atoms with van der Waals surface area (Å²) in [7, 11) is -2.19. The summed E-state index contributed by atoms with van der Waals surface area (Å²) in [6, 6.07) is 15.3. The molecule has 162 valence electrons. The highest BCUT2D eigenvalue weighted by Crippen LogP contribution is 2.26. The molecular weight excluding hydrogens is 442 g/mol. The third kappa shape index (κ3) is 5.32. The van der Waals surface area contributed by atoms with E-state index in [0.29, 0.717) is 11.4 Å². The number of anilines is 1. The monoisotopic (exact) mass is 461 g/mol. The van der Waals surface area contributed by atoms with E-state index >= 15 is 0 Å². The first-order valence-electron chi connectivity index (χ1n) is 8.91. The molecule has 0 aliphatic carbocycles. The largest absolute Gasteiger partial charge is 0.507 e. The highest BCUT2D eigenvalue weighted by atomic mass is 32.2. The maximum absolute atomic E-state index is 12.5. The van der Waals surface area contributed by atoms with Crippen LogP contribution in [0.15, 0.2) is 70.3 Å². The minimum Gasteiger partial charge on any atom is -0.507 e. The maximum atomic E-state index is 12.5. The van der Waals surface area contributed by atoms with Gasteiger partial charge in [-0.05, 0) is 47.8 Å². The van der Waals surface area contributed by atoms with Gasteiger partial charge in [0.05, 0.1) is 11.3 Å². The fourth-order valence-corrected chi connectivity index (χ4v) is 4.84. The number of hydrogen-bond acceptors (Lipinski definition) is 7. The van der Waals surface area contributed by atoms with E-state index in [1.807, 2.05) is 0 Å². The second-order valence-electron chi connectivity index (χ2n) is 6.21. The highest BCUT2D eigenvalue weighted by molar-refractivity contribution is 7.94. The van der Waals surface area contributed by atoms with Crippen molar-refractivity contribution in [1.82, 2.24) is 10.9 Å². The number of benzene rings is 2. The Morgan fingerprint density at radius 2 is 1.74 bits per heavy atom. The van der Waals surface area contributed by atoms with Crippen LogP contribution in [0.2, 0.25) is 0 Å². The van der Waals surface area contributed by atoms with Gasteiger partial charge in [0.15, 0.2) is 6.61 Å². The van der Waals surface area contributed by atoms with Crippen LogP contribution < -0.4 is 19.9 Å². The van der Waals surface area contributed by atoms with Crippen LogP contribution in [0.5, 0.6) is 11.5 Å². The first-order valence-corrected chi connectivity index (χ1v) is 11.2. The molecule has 0 saturated heterocycles. The van der Waals surface area contributed by atoms with Gasteiger partial charge >= 0.3 is 0 Å². The Labute approximate surface area is 182 Å². The van der Waals surface area contributed by atoms with Gasteiger partial charge in [0.2, 0.25) is 0 Å². The molecule has 1 heterocycles. The van der Waals surface area contributed by atoms with Gasteiger partial charge in [-0.1, -0.05) is 18.2 Å². The van der Waals surface area contributed by atoms with E-state index in [1.54, 1.807) is 35.7 Å². The summed E-state index contributed by atoms with van der Waals surface area (Å²) in [5.41, 5.74) is 4.81. The predicted octanol–water partition coefficient (Wildman–Crippen LogP) is 2.12. The van der Waals surface area contributed by atoms with Crippen LogP contribution in [-0.4, -0.2) is 39.0 Å². The molecule has 2 amide bonds. The minimum atomic E-state index is -3.64. The summed E-state index contributed by atoms with van der Waals surface area (Å²) in [5.74, 6) is -1.17. The minimum absolute atomic E-state index is 0.0147. The SMILES string of the molecule is CN(c1ccc(OCC(=O)NNC(=O)c2ccccc2O)cc1)S(=O)(=O)c1cccs1. The molecule has 0 spiro atoms. The molecule has 0 radical (unpaired) electrons. The van der Waals surface area contributed by atoms with Gasteiger partial charge in [0, 0.05) is 7.05 Å². The maximum Gasteiger partial charge on any atom is 0.276 e. The summed E-state index contributed by atoms with van der Waals surface area (Å²) in [6.45, 7) is -0.385. The number of aromatic hydroxyl groups is 1. The predicted molar refractivity (Wildman–Crippen MR) is 116 cm³/mol. The zero-order chi connectivity index (χ0) is 22.4. The Morgan fingerprint density at radius 1 is 1.03 bits per heavy atom. The standard InChI is InChI=1S/C20H19N3O6S2/c1-23(31(27,28)19-7-4-12-30-19)14-8-10-15(11-9-14)29-13-18(25)21-22-20(26)16-5-2-3-6-17(16)24/h2-12,24H,13H2,1H3,(H,21,25)(H,22,26). The highest BCUT2D eigenvalue weighted by Gasteiger charge is 2.22. The number of amides is 2. The molecule has 9 nitrogen and oxygen atoms in total. The summed E-state index contributed by atoms with van der Waals surface area (Å²) in [5, 5.41) is 11.3.